The fourth-order valence-corrected chi connectivity index (χ4v) is 2.72. The minimum absolute atomic E-state index is 0.0259. The van der Waals surface area contributed by atoms with Crippen molar-refractivity contribution in [3.63, 3.8) is 0 Å². The minimum atomic E-state index is -4.62. The number of nitrogens with one attached hydrogen (secondary N) is 1. The van der Waals surface area contributed by atoms with Gasteiger partial charge in [-0.3, -0.25) is 4.79 Å². The summed E-state index contributed by atoms with van der Waals surface area (Å²) in [6.45, 7) is -2.48. The molecule has 1 aromatic rings. The predicted octanol–water partition coefficient (Wildman–Crippen LogP) is 1.78. The second-order valence-corrected chi connectivity index (χ2v) is 6.68. The van der Waals surface area contributed by atoms with Gasteiger partial charge in [-0.15, -0.1) is 0 Å². The van der Waals surface area contributed by atoms with E-state index in [4.69, 9.17) is 11.6 Å². The fourth-order valence-electron chi connectivity index (χ4n) is 1.39. The van der Waals surface area contributed by atoms with E-state index in [9.17, 15) is 30.8 Å². The Labute approximate surface area is 128 Å². The first-order chi connectivity index (χ1) is 9.93. The Morgan fingerprint density at radius 2 is 1.95 bits per heavy atom. The number of hydrogen-bond donors (Lipinski definition) is 1. The number of alkyl halides is 3. The molecule has 0 unspecified atom stereocenters. The molecule has 0 bridgehead atoms. The summed E-state index contributed by atoms with van der Waals surface area (Å²) in [4.78, 5) is 10.6. The molecule has 1 aromatic carbocycles. The maximum Gasteiger partial charge on any atom is 0.405 e. The quantitative estimate of drug-likeness (QED) is 0.812. The third-order valence-electron chi connectivity index (χ3n) is 2.43. The van der Waals surface area contributed by atoms with E-state index in [0.29, 0.717) is 4.31 Å². The van der Waals surface area contributed by atoms with E-state index in [-0.39, 0.29) is 5.02 Å². The highest BCUT2D eigenvalue weighted by Gasteiger charge is 2.30. The molecule has 0 aliphatic rings. The zero-order valence-corrected chi connectivity index (χ0v) is 12.7. The number of likely N-dealkylation sites (N-methyl/N-ethyl adjacent to an activating group) is 1. The second-order valence-electron chi connectivity index (χ2n) is 4.23. The van der Waals surface area contributed by atoms with E-state index in [1.807, 2.05) is 0 Å². The number of nitrogens with zero attached hydrogens (tertiary/aromatic N) is 1. The van der Waals surface area contributed by atoms with Crippen LogP contribution in [0, 0.1) is 5.82 Å². The molecule has 124 valence electrons. The lowest BCUT2D eigenvalue weighted by Crippen LogP contribution is -2.41. The Balaban J connectivity index is 2.83. The van der Waals surface area contributed by atoms with Crippen LogP contribution in [0.25, 0.3) is 0 Å². The number of halogens is 5. The molecular weight excluding hydrogens is 352 g/mol. The van der Waals surface area contributed by atoms with Crippen molar-refractivity contribution in [1.82, 2.24) is 9.62 Å². The van der Waals surface area contributed by atoms with Crippen LogP contribution in [0.2, 0.25) is 5.02 Å². The highest BCUT2D eigenvalue weighted by molar-refractivity contribution is 7.89. The first-order valence-corrected chi connectivity index (χ1v) is 7.50. The summed E-state index contributed by atoms with van der Waals surface area (Å²) in [5, 5.41) is 1.49. The van der Waals surface area contributed by atoms with Crippen molar-refractivity contribution in [1.29, 1.82) is 0 Å². The van der Waals surface area contributed by atoms with E-state index < -0.39 is 45.9 Å². The number of carbonyl (C=O) groups is 1. The van der Waals surface area contributed by atoms with Crippen molar-refractivity contribution in [3.05, 3.63) is 29.0 Å². The Kier molecular flexibility index (Phi) is 5.76. The third-order valence-corrected chi connectivity index (χ3v) is 4.51. The first-order valence-electron chi connectivity index (χ1n) is 5.68. The van der Waals surface area contributed by atoms with Crippen LogP contribution in [0.5, 0.6) is 0 Å². The lowest BCUT2D eigenvalue weighted by atomic mass is 10.3. The Bertz CT molecular complexity index is 664. The van der Waals surface area contributed by atoms with Gasteiger partial charge in [0, 0.05) is 12.1 Å². The molecule has 22 heavy (non-hydrogen) atoms. The van der Waals surface area contributed by atoms with E-state index >= 15 is 0 Å². The van der Waals surface area contributed by atoms with E-state index in [1.165, 1.54) is 5.32 Å². The number of carbonyl (C=O) groups excluding carboxylic acids is 1. The number of amides is 1. The first kappa shape index (κ1) is 18.7. The molecule has 0 aromatic heterocycles. The SMILES string of the molecule is CN(CC(=O)NCC(F)(F)F)S(=O)(=O)c1ccc(Cl)cc1F. The van der Waals surface area contributed by atoms with E-state index in [1.54, 1.807) is 0 Å². The molecule has 0 atom stereocenters. The lowest BCUT2D eigenvalue weighted by molar-refractivity contribution is -0.138. The molecule has 1 amide bonds. The van der Waals surface area contributed by atoms with Crippen LogP contribution >= 0.6 is 11.6 Å². The molecule has 0 aliphatic heterocycles. The van der Waals surface area contributed by atoms with Crippen molar-refractivity contribution < 1.29 is 30.8 Å². The summed E-state index contributed by atoms with van der Waals surface area (Å²) in [5.41, 5.74) is 0. The normalized spacial score (nSPS) is 12.5. The smallest absolute Gasteiger partial charge is 0.346 e. The number of benzene rings is 1. The lowest BCUT2D eigenvalue weighted by Gasteiger charge is -2.17. The highest BCUT2D eigenvalue weighted by atomic mass is 35.5. The molecule has 0 spiro atoms. The molecule has 1 N–H and O–H groups in total. The van der Waals surface area contributed by atoms with Crippen LogP contribution in [0.1, 0.15) is 0 Å². The summed E-state index contributed by atoms with van der Waals surface area (Å²) < 4.78 is 73.9. The third kappa shape index (κ3) is 5.11. The summed E-state index contributed by atoms with van der Waals surface area (Å²) in [7, 11) is -3.44. The van der Waals surface area contributed by atoms with Gasteiger partial charge in [-0.05, 0) is 18.2 Å². The van der Waals surface area contributed by atoms with Gasteiger partial charge in [-0.2, -0.15) is 17.5 Å². The van der Waals surface area contributed by atoms with Crippen molar-refractivity contribution in [2.45, 2.75) is 11.1 Å². The van der Waals surface area contributed by atoms with Crippen molar-refractivity contribution in [2.75, 3.05) is 20.1 Å². The molecule has 0 saturated carbocycles. The van der Waals surface area contributed by atoms with E-state index in [2.05, 4.69) is 0 Å². The van der Waals surface area contributed by atoms with Crippen LogP contribution in [0.4, 0.5) is 17.6 Å². The average Bonchev–Trinajstić information content (AvgIpc) is 2.35. The molecule has 0 aliphatic carbocycles. The maximum absolute atomic E-state index is 13.6. The maximum atomic E-state index is 13.6. The molecule has 0 heterocycles. The molecule has 0 fully saturated rings. The van der Waals surface area contributed by atoms with Crippen LogP contribution in [-0.2, 0) is 14.8 Å². The van der Waals surface area contributed by atoms with Gasteiger partial charge in [0.05, 0.1) is 6.54 Å². The summed E-state index contributed by atoms with van der Waals surface area (Å²) in [5.74, 6) is -2.30. The average molecular weight is 363 g/mol. The monoisotopic (exact) mass is 362 g/mol. The van der Waals surface area contributed by atoms with Crippen LogP contribution in [-0.4, -0.2) is 44.9 Å². The van der Waals surface area contributed by atoms with Gasteiger partial charge in [-0.25, -0.2) is 12.8 Å². The van der Waals surface area contributed by atoms with Crippen molar-refractivity contribution in [2.24, 2.45) is 0 Å². The Morgan fingerprint density at radius 3 is 2.45 bits per heavy atom. The number of hydrogen-bond acceptors (Lipinski definition) is 3. The van der Waals surface area contributed by atoms with Gasteiger partial charge < -0.3 is 5.32 Å². The second kappa shape index (κ2) is 6.80. The highest BCUT2D eigenvalue weighted by Crippen LogP contribution is 2.21. The molecule has 1 rings (SSSR count). The molecule has 11 heteroatoms. The summed E-state index contributed by atoms with van der Waals surface area (Å²) in [6, 6.07) is 2.80. The largest absolute Gasteiger partial charge is 0.405 e. The van der Waals surface area contributed by atoms with Gasteiger partial charge in [0.25, 0.3) is 0 Å². The fraction of sp³-hybridized carbons (Fsp3) is 0.364. The topological polar surface area (TPSA) is 66.5 Å². The van der Waals surface area contributed by atoms with Crippen LogP contribution in [0.15, 0.2) is 23.1 Å². The van der Waals surface area contributed by atoms with E-state index in [0.717, 1.165) is 25.2 Å². The molecule has 0 radical (unpaired) electrons. The van der Waals surface area contributed by atoms with Gasteiger partial charge in [0.1, 0.15) is 17.3 Å². The summed E-state index contributed by atoms with van der Waals surface area (Å²) >= 11 is 5.50. The van der Waals surface area contributed by atoms with Gasteiger partial charge in [0.15, 0.2) is 0 Å². The zero-order valence-electron chi connectivity index (χ0n) is 11.1. The Morgan fingerprint density at radius 1 is 1.36 bits per heavy atom. The van der Waals surface area contributed by atoms with Gasteiger partial charge in [-0.1, -0.05) is 11.6 Å². The Hall–Kier alpha value is -1.39. The van der Waals surface area contributed by atoms with Gasteiger partial charge in [0.2, 0.25) is 15.9 Å². The number of rotatable bonds is 5. The molecular formula is C11H11ClF4N2O3S. The number of sulfonamides is 1. The zero-order chi connectivity index (χ0) is 17.1. The van der Waals surface area contributed by atoms with Gasteiger partial charge >= 0.3 is 6.18 Å². The van der Waals surface area contributed by atoms with Crippen LogP contribution < -0.4 is 5.32 Å². The summed E-state index contributed by atoms with van der Waals surface area (Å²) in [6.07, 6.45) is -4.62. The van der Waals surface area contributed by atoms with Crippen LogP contribution in [0.3, 0.4) is 0 Å². The predicted molar refractivity (Wildman–Crippen MR) is 70.3 cm³/mol. The minimum Gasteiger partial charge on any atom is -0.346 e. The van der Waals surface area contributed by atoms with Crippen molar-refractivity contribution >= 4 is 27.5 Å². The molecule has 0 saturated heterocycles. The standard InChI is InChI=1S/C11H11ClF4N2O3S/c1-18(5-10(19)17-6-11(14,15)16)22(20,21)9-3-2-7(12)4-8(9)13/h2-4H,5-6H2,1H3,(H,17,19). The van der Waals surface area contributed by atoms with Crippen molar-refractivity contribution in [3.8, 4) is 0 Å². The molecule has 5 nitrogen and oxygen atoms in total.